The first-order chi connectivity index (χ1) is 14.5. The quantitative estimate of drug-likeness (QED) is 0.516. The van der Waals surface area contributed by atoms with Crippen LogP contribution in [-0.4, -0.2) is 49.9 Å². The van der Waals surface area contributed by atoms with Crippen LogP contribution >= 0.6 is 11.8 Å². The van der Waals surface area contributed by atoms with Crippen LogP contribution < -0.4 is 4.74 Å². The van der Waals surface area contributed by atoms with E-state index in [1.54, 1.807) is 11.8 Å². The molecule has 0 saturated heterocycles. The van der Waals surface area contributed by atoms with Crippen molar-refractivity contribution in [2.24, 2.45) is 0 Å². The molecular weight excluding hydrogens is 398 g/mol. The molecule has 1 aromatic heterocycles. The predicted octanol–water partition coefficient (Wildman–Crippen LogP) is 3.57. The van der Waals surface area contributed by atoms with Gasteiger partial charge in [-0.2, -0.15) is 4.68 Å². The number of carbonyl (C=O) groups excluding carboxylic acids is 1. The summed E-state index contributed by atoms with van der Waals surface area (Å²) in [6.45, 7) is 4.70. The molecular formula is C22H25N5O2S. The van der Waals surface area contributed by atoms with E-state index in [9.17, 15) is 4.79 Å². The van der Waals surface area contributed by atoms with E-state index in [-0.39, 0.29) is 5.91 Å². The topological polar surface area (TPSA) is 73.1 Å². The lowest BCUT2D eigenvalue weighted by molar-refractivity contribution is -0.129. The summed E-state index contributed by atoms with van der Waals surface area (Å²) in [5.41, 5.74) is 4.31. The summed E-state index contributed by atoms with van der Waals surface area (Å²) >= 11 is 1.38. The van der Waals surface area contributed by atoms with Gasteiger partial charge in [-0.15, -0.1) is 5.10 Å². The summed E-state index contributed by atoms with van der Waals surface area (Å²) in [5.74, 6) is 1.23. The lowest BCUT2D eigenvalue weighted by Gasteiger charge is -2.22. The van der Waals surface area contributed by atoms with E-state index in [0.29, 0.717) is 23.5 Å². The van der Waals surface area contributed by atoms with Crippen LogP contribution in [0, 0.1) is 13.8 Å². The van der Waals surface area contributed by atoms with Crippen molar-refractivity contribution >= 4 is 17.7 Å². The van der Waals surface area contributed by atoms with Gasteiger partial charge in [-0.05, 0) is 66.4 Å². The number of nitrogens with zero attached hydrogens (tertiary/aromatic N) is 5. The molecule has 1 saturated carbocycles. The van der Waals surface area contributed by atoms with Crippen LogP contribution in [0.3, 0.4) is 0 Å². The molecule has 3 aromatic rings. The maximum Gasteiger partial charge on any atom is 0.233 e. The molecule has 0 unspecified atom stereocenters. The van der Waals surface area contributed by atoms with Crippen molar-refractivity contribution in [2.45, 2.75) is 44.4 Å². The molecule has 1 heterocycles. The lowest BCUT2D eigenvalue weighted by atomic mass is 10.1. The molecule has 0 aliphatic heterocycles. The summed E-state index contributed by atoms with van der Waals surface area (Å²) in [4.78, 5) is 15.0. The second-order valence-corrected chi connectivity index (χ2v) is 8.50. The van der Waals surface area contributed by atoms with Crippen molar-refractivity contribution in [1.29, 1.82) is 0 Å². The van der Waals surface area contributed by atoms with E-state index in [2.05, 4.69) is 28.5 Å². The van der Waals surface area contributed by atoms with Gasteiger partial charge in [0.2, 0.25) is 11.1 Å². The molecule has 0 N–H and O–H groups in total. The zero-order valence-electron chi connectivity index (χ0n) is 17.4. The third-order valence-electron chi connectivity index (χ3n) is 5.17. The van der Waals surface area contributed by atoms with Crippen molar-refractivity contribution in [3.63, 3.8) is 0 Å². The summed E-state index contributed by atoms with van der Waals surface area (Å²) in [6.07, 6.45) is 2.12. The Morgan fingerprint density at radius 3 is 2.63 bits per heavy atom. The third kappa shape index (κ3) is 4.64. The highest BCUT2D eigenvalue weighted by Gasteiger charge is 2.32. The molecule has 7 nitrogen and oxygen atoms in total. The Morgan fingerprint density at radius 1 is 1.20 bits per heavy atom. The number of hydrogen-bond donors (Lipinski definition) is 0. The molecule has 4 rings (SSSR count). The highest BCUT2D eigenvalue weighted by atomic mass is 32.2. The zero-order chi connectivity index (χ0) is 21.1. The Kier molecular flexibility index (Phi) is 6.03. The molecule has 0 atom stereocenters. The fourth-order valence-corrected chi connectivity index (χ4v) is 4.18. The molecule has 30 heavy (non-hydrogen) atoms. The number of amides is 1. The SMILES string of the molecule is COc1ccc(CN(C(=O)CSc2nnnn2-c2ccc(C)cc2C)C2CC2)cc1. The van der Waals surface area contributed by atoms with Crippen LogP contribution in [0.25, 0.3) is 5.69 Å². The molecule has 1 amide bonds. The van der Waals surface area contributed by atoms with Crippen molar-refractivity contribution < 1.29 is 9.53 Å². The normalized spacial score (nSPS) is 13.3. The second kappa shape index (κ2) is 8.87. The number of methoxy groups -OCH3 is 1. The van der Waals surface area contributed by atoms with Gasteiger partial charge < -0.3 is 9.64 Å². The fourth-order valence-electron chi connectivity index (χ4n) is 3.41. The summed E-state index contributed by atoms with van der Waals surface area (Å²) in [7, 11) is 1.65. The number of hydrogen-bond acceptors (Lipinski definition) is 6. The molecule has 2 aromatic carbocycles. The maximum absolute atomic E-state index is 13.0. The van der Waals surface area contributed by atoms with E-state index >= 15 is 0 Å². The smallest absolute Gasteiger partial charge is 0.233 e. The van der Waals surface area contributed by atoms with Gasteiger partial charge in [0.1, 0.15) is 5.75 Å². The van der Waals surface area contributed by atoms with Crippen LogP contribution in [0.4, 0.5) is 0 Å². The Hall–Kier alpha value is -2.87. The first-order valence-electron chi connectivity index (χ1n) is 9.96. The Morgan fingerprint density at radius 2 is 1.97 bits per heavy atom. The van der Waals surface area contributed by atoms with Crippen molar-refractivity contribution in [3.05, 3.63) is 59.2 Å². The van der Waals surface area contributed by atoms with Gasteiger partial charge >= 0.3 is 0 Å². The third-order valence-corrected chi connectivity index (χ3v) is 6.07. The average Bonchev–Trinajstić information content (AvgIpc) is 3.48. The van der Waals surface area contributed by atoms with Crippen LogP contribution in [0.2, 0.25) is 0 Å². The minimum absolute atomic E-state index is 0.105. The van der Waals surface area contributed by atoms with Gasteiger partial charge in [0.15, 0.2) is 0 Å². The van der Waals surface area contributed by atoms with Gasteiger partial charge in [0, 0.05) is 12.6 Å². The first kappa shape index (κ1) is 20.4. The van der Waals surface area contributed by atoms with Crippen LogP contribution in [0.5, 0.6) is 5.75 Å². The number of carbonyl (C=O) groups is 1. The average molecular weight is 424 g/mol. The number of thioether (sulfide) groups is 1. The van der Waals surface area contributed by atoms with E-state index < -0.39 is 0 Å². The summed E-state index contributed by atoms with van der Waals surface area (Å²) < 4.78 is 6.92. The summed E-state index contributed by atoms with van der Waals surface area (Å²) in [6, 6.07) is 14.3. The van der Waals surface area contributed by atoms with E-state index in [0.717, 1.165) is 35.4 Å². The van der Waals surface area contributed by atoms with Gasteiger partial charge in [0.05, 0.1) is 18.6 Å². The van der Waals surface area contributed by atoms with Crippen molar-refractivity contribution in [3.8, 4) is 11.4 Å². The number of ether oxygens (including phenoxy) is 1. The van der Waals surface area contributed by atoms with Crippen LogP contribution in [0.15, 0.2) is 47.6 Å². The fraction of sp³-hybridized carbons (Fsp3) is 0.364. The standard InChI is InChI=1S/C22H25N5O2S/c1-15-4-11-20(16(2)12-15)27-22(23-24-25-27)30-14-21(28)26(18-7-8-18)13-17-5-9-19(29-3)10-6-17/h4-6,9-12,18H,7-8,13-14H2,1-3H3. The molecule has 8 heteroatoms. The molecule has 1 fully saturated rings. The van der Waals surface area contributed by atoms with E-state index in [1.807, 2.05) is 48.2 Å². The second-order valence-electron chi connectivity index (χ2n) is 7.55. The maximum atomic E-state index is 13.0. The Bertz CT molecular complexity index is 1030. The minimum atomic E-state index is 0.105. The monoisotopic (exact) mass is 423 g/mol. The lowest BCUT2D eigenvalue weighted by Crippen LogP contribution is -2.34. The van der Waals surface area contributed by atoms with Crippen LogP contribution in [0.1, 0.15) is 29.5 Å². The number of rotatable bonds is 8. The molecule has 1 aliphatic rings. The molecule has 1 aliphatic carbocycles. The number of benzene rings is 2. The highest BCUT2D eigenvalue weighted by Crippen LogP contribution is 2.30. The molecule has 0 bridgehead atoms. The van der Waals surface area contributed by atoms with Crippen molar-refractivity contribution in [2.75, 3.05) is 12.9 Å². The van der Waals surface area contributed by atoms with Crippen LogP contribution in [-0.2, 0) is 11.3 Å². The van der Waals surface area contributed by atoms with E-state index in [4.69, 9.17) is 4.74 Å². The summed E-state index contributed by atoms with van der Waals surface area (Å²) in [5, 5.41) is 12.7. The Labute approximate surface area is 180 Å². The highest BCUT2D eigenvalue weighted by molar-refractivity contribution is 7.99. The number of aromatic nitrogens is 4. The largest absolute Gasteiger partial charge is 0.497 e. The van der Waals surface area contributed by atoms with Gasteiger partial charge in [-0.25, -0.2) is 0 Å². The van der Waals surface area contributed by atoms with Gasteiger partial charge in [-0.1, -0.05) is 41.6 Å². The van der Waals surface area contributed by atoms with Gasteiger partial charge in [0.25, 0.3) is 0 Å². The molecule has 0 spiro atoms. The van der Waals surface area contributed by atoms with Gasteiger partial charge in [-0.3, -0.25) is 4.79 Å². The predicted molar refractivity (Wildman–Crippen MR) is 116 cm³/mol. The number of tetrazole rings is 1. The Balaban J connectivity index is 1.44. The van der Waals surface area contributed by atoms with E-state index in [1.165, 1.54) is 17.3 Å². The first-order valence-corrected chi connectivity index (χ1v) is 10.9. The molecule has 0 radical (unpaired) electrons. The molecule has 156 valence electrons. The zero-order valence-corrected chi connectivity index (χ0v) is 18.2. The van der Waals surface area contributed by atoms with Crippen molar-refractivity contribution in [1.82, 2.24) is 25.1 Å². The number of aryl methyl sites for hydroxylation is 2. The minimum Gasteiger partial charge on any atom is -0.497 e.